The summed E-state index contributed by atoms with van der Waals surface area (Å²) in [6.45, 7) is 3.63. The first-order valence-electron chi connectivity index (χ1n) is 4.80. The Morgan fingerprint density at radius 1 is 1.27 bits per heavy atom. The smallest absolute Gasteiger partial charge is 0.251 e. The van der Waals surface area contributed by atoms with Crippen LogP contribution in [0.4, 0.5) is 0 Å². The second-order valence-corrected chi connectivity index (χ2v) is 2.78. The van der Waals surface area contributed by atoms with Gasteiger partial charge in [0.25, 0.3) is 5.88 Å². The van der Waals surface area contributed by atoms with Gasteiger partial charge in [0.15, 0.2) is 0 Å². The van der Waals surface area contributed by atoms with Crippen LogP contribution in [-0.4, -0.2) is 29.8 Å². The molecule has 0 spiro atoms. The summed E-state index contributed by atoms with van der Waals surface area (Å²) in [5, 5.41) is 8.70. The fourth-order valence-corrected chi connectivity index (χ4v) is 0.951. The molecule has 5 heteroatoms. The zero-order valence-corrected chi connectivity index (χ0v) is 8.64. The number of ether oxygens (including phenoxy) is 2. The van der Waals surface area contributed by atoms with E-state index >= 15 is 0 Å². The molecule has 15 heavy (non-hydrogen) atoms. The molecule has 0 N–H and O–H groups in total. The molecule has 0 atom stereocenters. The van der Waals surface area contributed by atoms with Crippen LogP contribution < -0.4 is 4.74 Å². The minimum absolute atomic E-state index is 0.202. The first-order chi connectivity index (χ1) is 7.38. The summed E-state index contributed by atoms with van der Waals surface area (Å²) in [4.78, 5) is 7.73. The average Bonchev–Trinajstić information content (AvgIpc) is 2.29. The molecule has 0 bridgehead atoms. The SMILES string of the molecule is CCCOCCOc1nccnc1C#N. The molecule has 1 aromatic heterocycles. The summed E-state index contributed by atoms with van der Waals surface area (Å²) >= 11 is 0. The van der Waals surface area contributed by atoms with Crippen molar-refractivity contribution < 1.29 is 9.47 Å². The van der Waals surface area contributed by atoms with Gasteiger partial charge >= 0.3 is 0 Å². The van der Waals surface area contributed by atoms with Crippen LogP contribution in [0.15, 0.2) is 12.4 Å². The number of hydrogen-bond donors (Lipinski definition) is 0. The Morgan fingerprint density at radius 2 is 2.07 bits per heavy atom. The van der Waals surface area contributed by atoms with Crippen molar-refractivity contribution in [2.75, 3.05) is 19.8 Å². The number of rotatable bonds is 6. The van der Waals surface area contributed by atoms with Crippen molar-refractivity contribution in [3.63, 3.8) is 0 Å². The van der Waals surface area contributed by atoms with Gasteiger partial charge in [-0.1, -0.05) is 6.92 Å². The predicted octanol–water partition coefficient (Wildman–Crippen LogP) is 1.15. The molecular weight excluding hydrogens is 194 g/mol. The Bertz CT molecular complexity index is 336. The molecule has 0 aliphatic carbocycles. The highest BCUT2D eigenvalue weighted by Crippen LogP contribution is 2.08. The van der Waals surface area contributed by atoms with E-state index in [4.69, 9.17) is 14.7 Å². The summed E-state index contributed by atoms with van der Waals surface area (Å²) in [5.74, 6) is 0.264. The van der Waals surface area contributed by atoms with Gasteiger partial charge < -0.3 is 9.47 Å². The molecule has 1 aromatic rings. The molecule has 1 heterocycles. The molecule has 5 nitrogen and oxygen atoms in total. The van der Waals surface area contributed by atoms with Crippen LogP contribution in [0.5, 0.6) is 5.88 Å². The molecule has 0 saturated carbocycles. The van der Waals surface area contributed by atoms with Crippen LogP contribution in [0.1, 0.15) is 19.0 Å². The average molecular weight is 207 g/mol. The van der Waals surface area contributed by atoms with E-state index in [1.165, 1.54) is 12.4 Å². The Morgan fingerprint density at radius 3 is 2.80 bits per heavy atom. The van der Waals surface area contributed by atoms with E-state index in [0.29, 0.717) is 13.2 Å². The van der Waals surface area contributed by atoms with Crippen molar-refractivity contribution in [3.05, 3.63) is 18.1 Å². The van der Waals surface area contributed by atoms with Gasteiger partial charge in [-0.2, -0.15) is 5.26 Å². The van der Waals surface area contributed by atoms with Crippen LogP contribution in [0.2, 0.25) is 0 Å². The maximum Gasteiger partial charge on any atom is 0.251 e. The lowest BCUT2D eigenvalue weighted by atomic mass is 10.5. The number of aromatic nitrogens is 2. The Labute approximate surface area is 88.7 Å². The van der Waals surface area contributed by atoms with Crippen molar-refractivity contribution in [3.8, 4) is 11.9 Å². The van der Waals surface area contributed by atoms with Gasteiger partial charge in [0.1, 0.15) is 12.7 Å². The predicted molar refractivity (Wildman–Crippen MR) is 53.4 cm³/mol. The first kappa shape index (κ1) is 11.4. The van der Waals surface area contributed by atoms with E-state index in [-0.39, 0.29) is 11.6 Å². The van der Waals surface area contributed by atoms with E-state index in [2.05, 4.69) is 9.97 Å². The molecule has 0 unspecified atom stereocenters. The first-order valence-corrected chi connectivity index (χ1v) is 4.80. The van der Waals surface area contributed by atoms with E-state index in [1.54, 1.807) is 0 Å². The summed E-state index contributed by atoms with van der Waals surface area (Å²) in [5.41, 5.74) is 0.202. The van der Waals surface area contributed by atoms with Crippen LogP contribution in [0, 0.1) is 11.3 Å². The molecule has 0 amide bonds. The molecule has 0 fully saturated rings. The maximum atomic E-state index is 8.70. The zero-order valence-electron chi connectivity index (χ0n) is 8.64. The van der Waals surface area contributed by atoms with Gasteiger partial charge in [0.2, 0.25) is 5.69 Å². The standard InChI is InChI=1S/C10H13N3O2/c1-2-5-14-6-7-15-10-9(8-11)12-3-4-13-10/h3-4H,2,5-7H2,1H3. The topological polar surface area (TPSA) is 68.0 Å². The van der Waals surface area contributed by atoms with Crippen molar-refractivity contribution in [2.45, 2.75) is 13.3 Å². The summed E-state index contributed by atoms with van der Waals surface area (Å²) in [6, 6.07) is 1.91. The number of hydrogen-bond acceptors (Lipinski definition) is 5. The van der Waals surface area contributed by atoms with Crippen molar-refractivity contribution in [2.24, 2.45) is 0 Å². The summed E-state index contributed by atoms with van der Waals surface area (Å²) in [6.07, 6.45) is 3.93. The minimum atomic E-state index is 0.202. The highest BCUT2D eigenvalue weighted by Gasteiger charge is 2.04. The number of nitrogens with zero attached hydrogens (tertiary/aromatic N) is 3. The fraction of sp³-hybridized carbons (Fsp3) is 0.500. The molecule has 0 aromatic carbocycles. The van der Waals surface area contributed by atoms with E-state index in [9.17, 15) is 0 Å². The third-order valence-electron chi connectivity index (χ3n) is 1.59. The lowest BCUT2D eigenvalue weighted by Crippen LogP contribution is -2.09. The van der Waals surface area contributed by atoms with Gasteiger partial charge in [-0.05, 0) is 6.42 Å². The van der Waals surface area contributed by atoms with Crippen LogP contribution in [0.3, 0.4) is 0 Å². The quantitative estimate of drug-likeness (QED) is 0.654. The largest absolute Gasteiger partial charge is 0.473 e. The van der Waals surface area contributed by atoms with Crippen LogP contribution >= 0.6 is 0 Å². The van der Waals surface area contributed by atoms with Gasteiger partial charge in [0, 0.05) is 19.0 Å². The molecule has 0 aliphatic heterocycles. The van der Waals surface area contributed by atoms with Crippen LogP contribution in [-0.2, 0) is 4.74 Å². The van der Waals surface area contributed by atoms with Crippen molar-refractivity contribution >= 4 is 0 Å². The van der Waals surface area contributed by atoms with E-state index in [0.717, 1.165) is 13.0 Å². The third kappa shape index (κ3) is 3.92. The van der Waals surface area contributed by atoms with Crippen molar-refractivity contribution in [1.29, 1.82) is 5.26 Å². The van der Waals surface area contributed by atoms with Crippen LogP contribution in [0.25, 0.3) is 0 Å². The third-order valence-corrected chi connectivity index (χ3v) is 1.59. The molecule has 1 rings (SSSR count). The number of nitriles is 1. The molecule has 80 valence electrons. The van der Waals surface area contributed by atoms with Gasteiger partial charge in [-0.25, -0.2) is 9.97 Å². The summed E-state index contributed by atoms with van der Waals surface area (Å²) in [7, 11) is 0. The monoisotopic (exact) mass is 207 g/mol. The molecule has 0 aliphatic rings. The normalized spacial score (nSPS) is 9.60. The van der Waals surface area contributed by atoms with Gasteiger partial charge in [-0.15, -0.1) is 0 Å². The Balaban J connectivity index is 2.34. The van der Waals surface area contributed by atoms with Crippen molar-refractivity contribution in [1.82, 2.24) is 9.97 Å². The minimum Gasteiger partial charge on any atom is -0.473 e. The molecule has 0 radical (unpaired) electrons. The second kappa shape index (κ2) is 6.74. The Hall–Kier alpha value is -1.67. The molecular formula is C10H13N3O2. The second-order valence-electron chi connectivity index (χ2n) is 2.78. The lowest BCUT2D eigenvalue weighted by molar-refractivity contribution is 0.0987. The highest BCUT2D eigenvalue weighted by atomic mass is 16.5. The van der Waals surface area contributed by atoms with Gasteiger partial charge in [-0.3, -0.25) is 0 Å². The van der Waals surface area contributed by atoms with E-state index in [1.807, 2.05) is 13.0 Å². The van der Waals surface area contributed by atoms with E-state index < -0.39 is 0 Å². The molecule has 0 saturated heterocycles. The lowest BCUT2D eigenvalue weighted by Gasteiger charge is -2.05. The Kier molecular flexibility index (Phi) is 5.12. The highest BCUT2D eigenvalue weighted by molar-refractivity contribution is 5.29. The van der Waals surface area contributed by atoms with Gasteiger partial charge in [0.05, 0.1) is 6.61 Å². The fourth-order valence-electron chi connectivity index (χ4n) is 0.951. The summed E-state index contributed by atoms with van der Waals surface area (Å²) < 4.78 is 10.5. The zero-order chi connectivity index (χ0) is 10.9. The maximum absolute atomic E-state index is 8.70.